The Morgan fingerprint density at radius 3 is 2.90 bits per heavy atom. The number of carbonyl (C=O) groups is 1. The molecule has 1 fully saturated rings. The maximum absolute atomic E-state index is 11.2. The van der Waals surface area contributed by atoms with Crippen LogP contribution in [0.3, 0.4) is 0 Å². The maximum Gasteiger partial charge on any atom is 0.311 e. The molecular weight excluding hydrogens is 260 g/mol. The number of rotatable bonds is 3. The number of hydrogen-bond acceptors (Lipinski definition) is 5. The fourth-order valence-electron chi connectivity index (χ4n) is 2.33. The van der Waals surface area contributed by atoms with Gasteiger partial charge in [-0.2, -0.15) is 0 Å². The van der Waals surface area contributed by atoms with Crippen molar-refractivity contribution in [3.63, 3.8) is 0 Å². The molecule has 2 heterocycles. The Bertz CT molecular complexity index is 701. The van der Waals surface area contributed by atoms with E-state index in [-0.39, 0.29) is 17.6 Å². The molecule has 0 bridgehead atoms. The topological polar surface area (TPSA) is 97.2 Å². The van der Waals surface area contributed by atoms with Crippen LogP contribution in [0.1, 0.15) is 6.42 Å². The lowest BCUT2D eigenvalue weighted by molar-refractivity contribution is -0.384. The molecule has 1 aromatic carbocycles. The minimum Gasteiger partial charge on any atom is -0.374 e. The normalized spacial score (nSPS) is 18.0. The van der Waals surface area contributed by atoms with E-state index in [2.05, 4.69) is 15.6 Å². The van der Waals surface area contributed by atoms with Crippen molar-refractivity contribution in [1.29, 1.82) is 0 Å². The first-order valence-electron chi connectivity index (χ1n) is 6.20. The summed E-state index contributed by atoms with van der Waals surface area (Å²) in [5, 5.41) is 17.6. The van der Waals surface area contributed by atoms with Crippen LogP contribution in [-0.2, 0) is 4.79 Å². The lowest BCUT2D eigenvalue weighted by atomic mass is 10.1. The molecule has 1 aromatic heterocycles. The van der Waals surface area contributed by atoms with E-state index in [1.165, 1.54) is 6.20 Å². The number of nitro groups is 1. The largest absolute Gasteiger partial charge is 0.374 e. The Balaban J connectivity index is 2.07. The molecule has 102 valence electrons. The van der Waals surface area contributed by atoms with Gasteiger partial charge in [0.1, 0.15) is 11.9 Å². The van der Waals surface area contributed by atoms with Crippen molar-refractivity contribution >= 4 is 28.2 Å². The molecule has 1 unspecified atom stereocenters. The molecule has 2 N–H and O–H groups in total. The minimum absolute atomic E-state index is 0.0523. The summed E-state index contributed by atoms with van der Waals surface area (Å²) in [6.07, 6.45) is 1.56. The summed E-state index contributed by atoms with van der Waals surface area (Å²) >= 11 is 0. The highest BCUT2D eigenvalue weighted by molar-refractivity contribution is 5.96. The van der Waals surface area contributed by atoms with Crippen LogP contribution in [-0.4, -0.2) is 28.4 Å². The smallest absolute Gasteiger partial charge is 0.311 e. The van der Waals surface area contributed by atoms with Crippen molar-refractivity contribution in [2.75, 3.05) is 11.9 Å². The molecule has 20 heavy (non-hydrogen) atoms. The molecule has 1 saturated heterocycles. The first kappa shape index (κ1) is 12.3. The van der Waals surface area contributed by atoms with Crippen LogP contribution >= 0.6 is 0 Å². The number of nitrogens with one attached hydrogen (secondary N) is 2. The highest BCUT2D eigenvalue weighted by atomic mass is 16.6. The summed E-state index contributed by atoms with van der Waals surface area (Å²) < 4.78 is 0. The second-order valence-corrected chi connectivity index (χ2v) is 4.64. The lowest BCUT2D eigenvalue weighted by Gasteiger charge is -2.14. The average Bonchev–Trinajstić information content (AvgIpc) is 2.84. The fraction of sp³-hybridized carbons (Fsp3) is 0.231. The molecule has 1 aliphatic rings. The fourth-order valence-corrected chi connectivity index (χ4v) is 2.33. The number of hydrogen-bond donors (Lipinski definition) is 2. The molecular formula is C13H12N4O3. The van der Waals surface area contributed by atoms with Crippen molar-refractivity contribution < 1.29 is 9.72 Å². The summed E-state index contributed by atoms with van der Waals surface area (Å²) in [4.78, 5) is 26.0. The first-order chi connectivity index (χ1) is 9.65. The van der Waals surface area contributed by atoms with E-state index < -0.39 is 4.92 Å². The van der Waals surface area contributed by atoms with Gasteiger partial charge < -0.3 is 10.6 Å². The Morgan fingerprint density at radius 2 is 2.20 bits per heavy atom. The first-order valence-corrected chi connectivity index (χ1v) is 6.20. The third kappa shape index (κ3) is 2.13. The van der Waals surface area contributed by atoms with E-state index in [1.807, 2.05) is 6.07 Å². The number of carbonyl (C=O) groups excluding carboxylic acids is 1. The third-order valence-electron chi connectivity index (χ3n) is 3.28. The van der Waals surface area contributed by atoms with Crippen LogP contribution < -0.4 is 10.6 Å². The second-order valence-electron chi connectivity index (χ2n) is 4.64. The van der Waals surface area contributed by atoms with Gasteiger partial charge in [-0.1, -0.05) is 18.2 Å². The van der Waals surface area contributed by atoms with E-state index in [1.54, 1.807) is 18.2 Å². The van der Waals surface area contributed by atoms with E-state index in [0.717, 1.165) is 0 Å². The van der Waals surface area contributed by atoms with E-state index in [4.69, 9.17) is 0 Å². The van der Waals surface area contributed by atoms with Crippen LogP contribution in [0.4, 0.5) is 11.4 Å². The van der Waals surface area contributed by atoms with Gasteiger partial charge in [0.2, 0.25) is 5.91 Å². The van der Waals surface area contributed by atoms with Gasteiger partial charge in [0.25, 0.3) is 0 Å². The van der Waals surface area contributed by atoms with Crippen LogP contribution in [0.25, 0.3) is 10.9 Å². The monoisotopic (exact) mass is 272 g/mol. The van der Waals surface area contributed by atoms with Gasteiger partial charge >= 0.3 is 5.69 Å². The van der Waals surface area contributed by atoms with Gasteiger partial charge in [-0.3, -0.25) is 14.9 Å². The number of fused-ring (bicyclic) bond motifs is 1. The Labute approximate surface area is 114 Å². The summed E-state index contributed by atoms with van der Waals surface area (Å²) in [5.41, 5.74) is 1.02. The number of anilines is 1. The van der Waals surface area contributed by atoms with Gasteiger partial charge in [-0.05, 0) is 6.07 Å². The molecule has 0 aliphatic carbocycles. The van der Waals surface area contributed by atoms with E-state index in [9.17, 15) is 14.9 Å². The molecule has 0 saturated carbocycles. The standard InChI is InChI=1S/C13H12N4O3/c18-12-5-8(6-15-12)16-13-9-3-1-2-4-10(9)14-7-11(13)17(19)20/h1-4,7-8H,5-6H2,(H,14,16)(H,15,18). The molecule has 0 radical (unpaired) electrons. The van der Waals surface area contributed by atoms with Gasteiger partial charge in [-0.15, -0.1) is 0 Å². The van der Waals surface area contributed by atoms with Crippen molar-refractivity contribution in [2.45, 2.75) is 12.5 Å². The van der Waals surface area contributed by atoms with Gasteiger partial charge in [0.15, 0.2) is 0 Å². The van der Waals surface area contributed by atoms with Crippen molar-refractivity contribution in [3.05, 3.63) is 40.6 Å². The van der Waals surface area contributed by atoms with Crippen LogP contribution in [0.5, 0.6) is 0 Å². The average molecular weight is 272 g/mol. The van der Waals surface area contributed by atoms with Crippen LogP contribution in [0.2, 0.25) is 0 Å². The third-order valence-corrected chi connectivity index (χ3v) is 3.28. The minimum atomic E-state index is -0.466. The summed E-state index contributed by atoms with van der Waals surface area (Å²) in [5.74, 6) is -0.0523. The van der Waals surface area contributed by atoms with E-state index in [0.29, 0.717) is 29.6 Å². The highest BCUT2D eigenvalue weighted by Crippen LogP contribution is 2.32. The molecule has 7 nitrogen and oxygen atoms in total. The zero-order valence-corrected chi connectivity index (χ0v) is 10.5. The van der Waals surface area contributed by atoms with Crippen molar-refractivity contribution in [1.82, 2.24) is 10.3 Å². The molecule has 7 heteroatoms. The van der Waals surface area contributed by atoms with Gasteiger partial charge in [0.05, 0.1) is 16.5 Å². The van der Waals surface area contributed by atoms with Crippen LogP contribution in [0, 0.1) is 10.1 Å². The molecule has 2 aromatic rings. The van der Waals surface area contributed by atoms with E-state index >= 15 is 0 Å². The number of pyridine rings is 1. The maximum atomic E-state index is 11.2. The van der Waals surface area contributed by atoms with Gasteiger partial charge in [-0.25, -0.2) is 4.98 Å². The molecule has 1 amide bonds. The number of amides is 1. The number of nitrogens with zero attached hydrogens (tertiary/aromatic N) is 2. The summed E-state index contributed by atoms with van der Waals surface area (Å²) in [6.45, 7) is 0.465. The molecule has 1 aliphatic heterocycles. The molecule has 0 spiro atoms. The van der Waals surface area contributed by atoms with Crippen LogP contribution in [0.15, 0.2) is 30.5 Å². The zero-order chi connectivity index (χ0) is 14.1. The lowest BCUT2D eigenvalue weighted by Crippen LogP contribution is -2.23. The quantitative estimate of drug-likeness (QED) is 0.651. The van der Waals surface area contributed by atoms with Crippen molar-refractivity contribution in [3.8, 4) is 0 Å². The highest BCUT2D eigenvalue weighted by Gasteiger charge is 2.25. The summed E-state index contributed by atoms with van der Waals surface area (Å²) in [6, 6.07) is 7.05. The molecule has 3 rings (SSSR count). The van der Waals surface area contributed by atoms with Gasteiger partial charge in [0, 0.05) is 18.4 Å². The SMILES string of the molecule is O=C1CC(Nc2c([N+](=O)[O-])cnc3ccccc23)CN1. The Hall–Kier alpha value is -2.70. The number of aromatic nitrogens is 1. The predicted molar refractivity (Wildman–Crippen MR) is 73.4 cm³/mol. The number of para-hydroxylation sites is 1. The zero-order valence-electron chi connectivity index (χ0n) is 10.5. The summed E-state index contributed by atoms with van der Waals surface area (Å²) in [7, 11) is 0. The Kier molecular flexibility index (Phi) is 2.94. The van der Waals surface area contributed by atoms with Crippen molar-refractivity contribution in [2.24, 2.45) is 0 Å². The Morgan fingerprint density at radius 1 is 1.40 bits per heavy atom. The number of benzene rings is 1. The molecule has 1 atom stereocenters. The predicted octanol–water partition coefficient (Wildman–Crippen LogP) is 1.44. The second kappa shape index (κ2) is 4.76.